The molecule has 0 atom stereocenters. The van der Waals surface area contributed by atoms with Crippen LogP contribution in [0.15, 0.2) is 120 Å². The molecule has 2 aliphatic heterocycles. The van der Waals surface area contributed by atoms with Gasteiger partial charge in [-0.15, -0.1) is 0 Å². The maximum absolute atomic E-state index is 6.75. The number of rotatable bonds is 3. The van der Waals surface area contributed by atoms with Gasteiger partial charge in [-0.1, -0.05) is 110 Å². The molecular weight excluding hydrogens is 800 g/mol. The van der Waals surface area contributed by atoms with Gasteiger partial charge in [-0.3, -0.25) is 0 Å². The quantitative estimate of drug-likeness (QED) is 0.165. The fraction of sp³-hybridized carbons (Fsp3) is 0.290. The van der Waals surface area contributed by atoms with Crippen LogP contribution in [0.2, 0.25) is 0 Å². The van der Waals surface area contributed by atoms with Crippen molar-refractivity contribution in [2.75, 3.05) is 4.90 Å². The molecule has 0 fully saturated rings. The number of anilines is 3. The minimum Gasteiger partial charge on any atom is -0.464 e. The number of hydrogen-bond acceptors (Lipinski definition) is 2. The van der Waals surface area contributed by atoms with Crippen molar-refractivity contribution in [3.05, 3.63) is 160 Å². The molecule has 7 aromatic carbocycles. The smallest absolute Gasteiger partial charge is 0.333 e. The first-order valence-corrected chi connectivity index (χ1v) is 24.3. The van der Waals surface area contributed by atoms with E-state index < -0.39 is 0 Å². The van der Waals surface area contributed by atoms with Crippen molar-refractivity contribution in [2.24, 2.45) is 0 Å². The number of benzene rings is 7. The third-order valence-corrected chi connectivity index (χ3v) is 16.9. The van der Waals surface area contributed by atoms with E-state index in [1.807, 2.05) is 6.26 Å². The van der Waals surface area contributed by atoms with Gasteiger partial charge in [0.15, 0.2) is 0 Å². The van der Waals surface area contributed by atoms with Gasteiger partial charge in [-0.25, -0.2) is 0 Å². The largest absolute Gasteiger partial charge is 0.464 e. The van der Waals surface area contributed by atoms with E-state index in [0.717, 1.165) is 23.8 Å². The van der Waals surface area contributed by atoms with E-state index in [0.29, 0.717) is 0 Å². The second kappa shape index (κ2) is 12.8. The average molecular weight is 859 g/mol. The Morgan fingerprint density at radius 2 is 1.11 bits per heavy atom. The molecule has 4 aliphatic rings. The SMILES string of the molecule is Cc1cccc(C)c1-c1ccc2c(c1)c1cc(-c3c(C)cccc3C)cc3c1n2B1c2cc4c(cc2N(c2ccc5c(c2)C(C)(C)CC5(C)C)c2cc5ccoc5c-3c21)C(C)(C)CC4(C)C. The molecule has 0 amide bonds. The van der Waals surface area contributed by atoms with Crippen molar-refractivity contribution in [3.63, 3.8) is 0 Å². The lowest BCUT2D eigenvalue weighted by molar-refractivity contribution is 0.403. The van der Waals surface area contributed by atoms with Crippen LogP contribution in [0.3, 0.4) is 0 Å². The first-order chi connectivity index (χ1) is 31.3. The molecule has 0 spiro atoms. The van der Waals surface area contributed by atoms with Gasteiger partial charge < -0.3 is 13.8 Å². The summed E-state index contributed by atoms with van der Waals surface area (Å²) < 4.78 is 9.49. The van der Waals surface area contributed by atoms with Crippen molar-refractivity contribution in [1.29, 1.82) is 0 Å². The molecule has 326 valence electrons. The van der Waals surface area contributed by atoms with Gasteiger partial charge in [0.1, 0.15) is 5.58 Å². The van der Waals surface area contributed by atoms with E-state index in [-0.39, 0.29) is 28.5 Å². The second-order valence-corrected chi connectivity index (χ2v) is 23.4. The summed E-state index contributed by atoms with van der Waals surface area (Å²) in [5.41, 5.74) is 28.9. The first-order valence-electron chi connectivity index (χ1n) is 24.3. The molecule has 0 saturated heterocycles. The summed E-state index contributed by atoms with van der Waals surface area (Å²) in [5.74, 6) is 0. The molecule has 4 heteroatoms. The normalized spacial score (nSPS) is 17.7. The Bertz CT molecular complexity index is 3620. The standard InChI is InChI=1S/C62H59BN2O/c1-34-15-13-16-35(2)53(34)38-19-22-50-42(25-38)43-26-40(54-36(3)17-14-18-37(54)4)27-44-55-56-52(28-39-23-24-66-58(39)55)64(41-20-21-45-46(29-41)60(7,8)32-59(45,5)6)51-31-48-47(61(9,10)33-62(48,11)12)30-49(51)63(56)65(50)57(43)44/h13-31H,32-33H2,1-12H3. The number of nitrogens with zero attached hydrogens (tertiary/aromatic N) is 2. The van der Waals surface area contributed by atoms with Crippen LogP contribution in [0.5, 0.6) is 0 Å². The predicted octanol–water partition coefficient (Wildman–Crippen LogP) is 15.4. The van der Waals surface area contributed by atoms with Gasteiger partial charge in [0.2, 0.25) is 0 Å². The van der Waals surface area contributed by atoms with Gasteiger partial charge in [-0.2, -0.15) is 0 Å². The van der Waals surface area contributed by atoms with Crippen LogP contribution in [0.4, 0.5) is 17.1 Å². The number of hydrogen-bond donors (Lipinski definition) is 0. The molecule has 0 unspecified atom stereocenters. The van der Waals surface area contributed by atoms with Crippen LogP contribution in [0.1, 0.15) is 113 Å². The zero-order valence-corrected chi connectivity index (χ0v) is 40.8. The zero-order chi connectivity index (χ0) is 45.7. The fourth-order valence-corrected chi connectivity index (χ4v) is 14.7. The summed E-state index contributed by atoms with van der Waals surface area (Å²) in [4.78, 5) is 2.66. The average Bonchev–Trinajstić information content (AvgIpc) is 3.95. The summed E-state index contributed by atoms with van der Waals surface area (Å²) in [6, 6.07) is 43.1. The summed E-state index contributed by atoms with van der Waals surface area (Å²) in [6.45, 7) is 28.5. The maximum atomic E-state index is 6.75. The van der Waals surface area contributed by atoms with E-state index in [1.54, 1.807) is 0 Å². The minimum atomic E-state index is -0.0880. The van der Waals surface area contributed by atoms with Gasteiger partial charge in [0.25, 0.3) is 0 Å². The van der Waals surface area contributed by atoms with E-state index in [4.69, 9.17) is 4.42 Å². The van der Waals surface area contributed by atoms with Crippen molar-refractivity contribution >= 4 is 67.6 Å². The van der Waals surface area contributed by atoms with E-state index in [2.05, 4.69) is 202 Å². The molecular formula is C62H59BN2O. The molecule has 13 rings (SSSR count). The Kier molecular flexibility index (Phi) is 7.76. The minimum absolute atomic E-state index is 0.0250. The maximum Gasteiger partial charge on any atom is 0.333 e. The Labute approximate surface area is 390 Å². The molecule has 0 radical (unpaired) electrons. The highest BCUT2D eigenvalue weighted by Crippen LogP contribution is 2.56. The summed E-state index contributed by atoms with van der Waals surface area (Å²) in [7, 11) is 0. The van der Waals surface area contributed by atoms with Gasteiger partial charge in [0.05, 0.1) is 6.26 Å². The Balaban J connectivity index is 1.21. The lowest BCUT2D eigenvalue weighted by atomic mass is 9.44. The Morgan fingerprint density at radius 1 is 0.515 bits per heavy atom. The molecule has 9 aromatic rings. The molecule has 0 bridgehead atoms. The monoisotopic (exact) mass is 858 g/mol. The topological polar surface area (TPSA) is 21.3 Å². The lowest BCUT2D eigenvalue weighted by Gasteiger charge is -2.41. The van der Waals surface area contributed by atoms with Crippen molar-refractivity contribution < 1.29 is 4.42 Å². The van der Waals surface area contributed by atoms with Crippen LogP contribution in [0, 0.1) is 27.7 Å². The number of furan rings is 1. The number of aryl methyl sites for hydroxylation is 4. The highest BCUT2D eigenvalue weighted by molar-refractivity contribution is 6.90. The van der Waals surface area contributed by atoms with Gasteiger partial charge in [-0.05, 0) is 194 Å². The molecule has 0 N–H and O–H groups in total. The van der Waals surface area contributed by atoms with Gasteiger partial charge >= 0.3 is 6.85 Å². The third-order valence-electron chi connectivity index (χ3n) is 16.9. The summed E-state index contributed by atoms with van der Waals surface area (Å²) in [5, 5.41) is 3.72. The highest BCUT2D eigenvalue weighted by atomic mass is 16.3. The lowest BCUT2D eigenvalue weighted by Crippen LogP contribution is -2.57. The fourth-order valence-electron chi connectivity index (χ4n) is 14.7. The number of fused-ring (bicyclic) bond motifs is 11. The zero-order valence-electron chi connectivity index (χ0n) is 40.8. The molecule has 4 heterocycles. The van der Waals surface area contributed by atoms with Crippen LogP contribution in [0.25, 0.3) is 66.2 Å². The molecule has 2 aromatic heterocycles. The molecule has 66 heavy (non-hydrogen) atoms. The summed E-state index contributed by atoms with van der Waals surface area (Å²) >= 11 is 0. The predicted molar refractivity (Wildman–Crippen MR) is 281 cm³/mol. The molecule has 2 aliphatic carbocycles. The van der Waals surface area contributed by atoms with Gasteiger partial charge in [0, 0.05) is 55.4 Å². The third kappa shape index (κ3) is 5.16. The van der Waals surface area contributed by atoms with E-state index in [9.17, 15) is 0 Å². The molecule has 0 saturated carbocycles. The van der Waals surface area contributed by atoms with E-state index >= 15 is 0 Å². The first kappa shape index (κ1) is 40.1. The van der Waals surface area contributed by atoms with Crippen LogP contribution in [-0.2, 0) is 21.7 Å². The van der Waals surface area contributed by atoms with Crippen molar-refractivity contribution in [1.82, 2.24) is 4.48 Å². The van der Waals surface area contributed by atoms with Crippen LogP contribution >= 0.6 is 0 Å². The highest BCUT2D eigenvalue weighted by Gasteiger charge is 2.49. The Hall–Kier alpha value is -6.26. The van der Waals surface area contributed by atoms with Crippen LogP contribution < -0.4 is 15.8 Å². The number of aromatic nitrogens is 1. The van der Waals surface area contributed by atoms with Crippen LogP contribution in [-0.4, -0.2) is 11.3 Å². The van der Waals surface area contributed by atoms with Crippen molar-refractivity contribution in [3.8, 4) is 33.4 Å². The van der Waals surface area contributed by atoms with Crippen molar-refractivity contribution in [2.45, 2.75) is 118 Å². The summed E-state index contributed by atoms with van der Waals surface area (Å²) in [6.07, 6.45) is 4.15. The van der Waals surface area contributed by atoms with E-state index in [1.165, 1.54) is 128 Å². The Morgan fingerprint density at radius 3 is 1.77 bits per heavy atom. The second-order valence-electron chi connectivity index (χ2n) is 23.4. The molecule has 3 nitrogen and oxygen atoms in total.